The number of carbonyl (C=O) groups is 1. The van der Waals surface area contributed by atoms with Crippen LogP contribution in [0.5, 0.6) is 0 Å². The Morgan fingerprint density at radius 3 is 2.44 bits per heavy atom. The van der Waals surface area contributed by atoms with E-state index in [1.165, 1.54) is 32.3 Å². The van der Waals surface area contributed by atoms with Gasteiger partial charge in [-0.3, -0.25) is 4.90 Å². The molecule has 27 heavy (non-hydrogen) atoms. The van der Waals surface area contributed by atoms with E-state index < -0.39 is 18.4 Å². The second kappa shape index (κ2) is 12.4. The summed E-state index contributed by atoms with van der Waals surface area (Å²) in [7, 11) is 4.53. The van der Waals surface area contributed by atoms with E-state index in [0.717, 1.165) is 6.42 Å². The molecule has 0 bridgehead atoms. The summed E-state index contributed by atoms with van der Waals surface area (Å²) in [5.41, 5.74) is 0.828. The Kier molecular flexibility index (Phi) is 10.6. The van der Waals surface area contributed by atoms with Gasteiger partial charge in [0, 0.05) is 27.9 Å². The average Bonchev–Trinajstić information content (AvgIpc) is 3.06. The molecule has 1 saturated heterocycles. The van der Waals surface area contributed by atoms with Crippen LogP contribution >= 0.6 is 0 Å². The average molecular weight is 389 g/mol. The Hall–Kier alpha value is -1.98. The molecule has 1 heterocycles. The molecule has 1 aromatic carbocycles. The molecule has 0 saturated carbocycles. The largest absolute Gasteiger partial charge is 0.444 e. The van der Waals surface area contributed by atoms with Crippen LogP contribution in [-0.2, 0) is 23.8 Å². The second-order valence-corrected chi connectivity index (χ2v) is 5.48. The standard InChI is InChI=1S/C13H18FN3O3.C4H10O3/c1-2-10-8-17(13(18)20-10)9-3-4-12(11(14)7-9)16-5-6-19-15;1-5-4(6-2)7-3/h3-4,7,10,16H,2,5-6,8,15H2,1H3;4H,1-3H3/t10-;/m0./s1. The number of hydrogen-bond acceptors (Lipinski definition) is 8. The Morgan fingerprint density at radius 2 is 2.00 bits per heavy atom. The fourth-order valence-corrected chi connectivity index (χ4v) is 2.29. The molecule has 0 radical (unpaired) electrons. The summed E-state index contributed by atoms with van der Waals surface area (Å²) >= 11 is 0. The molecule has 10 heteroatoms. The lowest BCUT2D eigenvalue weighted by Gasteiger charge is -2.14. The minimum atomic E-state index is -0.514. The van der Waals surface area contributed by atoms with Crippen LogP contribution in [0.3, 0.4) is 0 Å². The third-order valence-electron chi connectivity index (χ3n) is 3.71. The molecule has 1 aliphatic rings. The maximum Gasteiger partial charge on any atom is 0.414 e. The second-order valence-electron chi connectivity index (χ2n) is 5.48. The number of ether oxygens (including phenoxy) is 4. The van der Waals surface area contributed by atoms with Gasteiger partial charge in [-0.1, -0.05) is 6.92 Å². The van der Waals surface area contributed by atoms with Crippen molar-refractivity contribution in [2.45, 2.75) is 25.9 Å². The van der Waals surface area contributed by atoms with E-state index in [-0.39, 0.29) is 12.7 Å². The first-order valence-corrected chi connectivity index (χ1v) is 8.42. The highest BCUT2D eigenvalue weighted by Gasteiger charge is 2.31. The molecule has 9 nitrogen and oxygen atoms in total. The zero-order valence-corrected chi connectivity index (χ0v) is 16.1. The van der Waals surface area contributed by atoms with Crippen molar-refractivity contribution < 1.29 is 33.0 Å². The van der Waals surface area contributed by atoms with Crippen LogP contribution in [0, 0.1) is 5.82 Å². The first-order valence-electron chi connectivity index (χ1n) is 8.42. The highest BCUT2D eigenvalue weighted by molar-refractivity contribution is 5.90. The molecule has 1 aliphatic heterocycles. The zero-order chi connectivity index (χ0) is 20.2. The van der Waals surface area contributed by atoms with E-state index in [9.17, 15) is 9.18 Å². The van der Waals surface area contributed by atoms with Gasteiger partial charge in [-0.2, -0.15) is 0 Å². The van der Waals surface area contributed by atoms with Crippen LogP contribution in [0.4, 0.5) is 20.6 Å². The van der Waals surface area contributed by atoms with Gasteiger partial charge >= 0.3 is 6.09 Å². The van der Waals surface area contributed by atoms with Crippen molar-refractivity contribution >= 4 is 17.5 Å². The molecule has 1 atom stereocenters. The molecule has 1 aromatic rings. The third kappa shape index (κ3) is 7.27. The summed E-state index contributed by atoms with van der Waals surface area (Å²) in [6.07, 6.45) is 0.169. The first kappa shape index (κ1) is 23.1. The molecule has 0 aliphatic carbocycles. The maximum atomic E-state index is 13.9. The molecule has 0 aromatic heterocycles. The minimum absolute atomic E-state index is 0.134. The lowest BCUT2D eigenvalue weighted by Crippen LogP contribution is -2.24. The quantitative estimate of drug-likeness (QED) is 0.376. The van der Waals surface area contributed by atoms with Crippen molar-refractivity contribution in [2.75, 3.05) is 51.2 Å². The van der Waals surface area contributed by atoms with E-state index in [2.05, 4.69) is 24.4 Å². The van der Waals surface area contributed by atoms with Crippen LogP contribution in [0.2, 0.25) is 0 Å². The highest BCUT2D eigenvalue weighted by Crippen LogP contribution is 2.26. The lowest BCUT2D eigenvalue weighted by molar-refractivity contribution is -0.252. The van der Waals surface area contributed by atoms with Crippen LogP contribution in [0.15, 0.2) is 18.2 Å². The molecule has 0 spiro atoms. The van der Waals surface area contributed by atoms with Gasteiger partial charge < -0.3 is 29.1 Å². The van der Waals surface area contributed by atoms with Gasteiger partial charge in [0.15, 0.2) is 0 Å². The van der Waals surface area contributed by atoms with E-state index in [1.807, 2.05) is 6.92 Å². The van der Waals surface area contributed by atoms with Crippen LogP contribution in [-0.4, -0.2) is 59.7 Å². The summed E-state index contributed by atoms with van der Waals surface area (Å²) < 4.78 is 32.9. The topological polar surface area (TPSA) is 105 Å². The van der Waals surface area contributed by atoms with Crippen molar-refractivity contribution in [3.05, 3.63) is 24.0 Å². The Labute approximate surface area is 158 Å². The van der Waals surface area contributed by atoms with Gasteiger partial charge in [0.1, 0.15) is 11.9 Å². The van der Waals surface area contributed by atoms with Crippen molar-refractivity contribution in [3.63, 3.8) is 0 Å². The summed E-state index contributed by atoms with van der Waals surface area (Å²) in [5, 5.41) is 2.85. The number of cyclic esters (lactones) is 1. The Morgan fingerprint density at radius 1 is 1.33 bits per heavy atom. The number of nitrogens with two attached hydrogens (primary N) is 1. The molecular weight excluding hydrogens is 361 g/mol. The fraction of sp³-hybridized carbons (Fsp3) is 0.588. The minimum Gasteiger partial charge on any atom is -0.444 e. The normalized spacial score (nSPS) is 16.2. The Bertz CT molecular complexity index is 568. The number of rotatable bonds is 9. The van der Waals surface area contributed by atoms with E-state index >= 15 is 0 Å². The van der Waals surface area contributed by atoms with E-state index in [1.54, 1.807) is 12.1 Å². The van der Waals surface area contributed by atoms with Gasteiger partial charge in [0.25, 0.3) is 6.48 Å². The molecular formula is C17H28FN3O6. The fourth-order valence-electron chi connectivity index (χ4n) is 2.29. The van der Waals surface area contributed by atoms with Crippen molar-refractivity contribution in [1.29, 1.82) is 0 Å². The molecule has 1 amide bonds. The summed E-state index contributed by atoms with van der Waals surface area (Å²) in [6.45, 7) is 2.55. The van der Waals surface area contributed by atoms with E-state index in [0.29, 0.717) is 24.5 Å². The van der Waals surface area contributed by atoms with Crippen LogP contribution in [0.1, 0.15) is 13.3 Å². The number of amides is 1. The summed E-state index contributed by atoms with van der Waals surface area (Å²) in [5.74, 6) is 4.45. The van der Waals surface area contributed by atoms with Crippen LogP contribution < -0.4 is 16.1 Å². The highest BCUT2D eigenvalue weighted by atomic mass is 19.1. The maximum absolute atomic E-state index is 13.9. The number of nitrogens with zero attached hydrogens (tertiary/aromatic N) is 1. The SMILES string of the molecule is CC[C@H]1CN(c2ccc(NCCON)c(F)c2)C(=O)O1.COC(OC)OC. The molecule has 154 valence electrons. The number of anilines is 2. The van der Waals surface area contributed by atoms with Gasteiger partial charge in [-0.05, 0) is 24.6 Å². The molecule has 0 unspecified atom stereocenters. The Balaban J connectivity index is 0.000000445. The van der Waals surface area contributed by atoms with Gasteiger partial charge in [0.05, 0.1) is 24.5 Å². The summed E-state index contributed by atoms with van der Waals surface area (Å²) in [4.78, 5) is 17.5. The number of halogens is 1. The van der Waals surface area contributed by atoms with Crippen molar-refractivity contribution in [1.82, 2.24) is 0 Å². The molecule has 1 fully saturated rings. The van der Waals surface area contributed by atoms with E-state index in [4.69, 9.17) is 10.6 Å². The van der Waals surface area contributed by atoms with Crippen molar-refractivity contribution in [3.8, 4) is 0 Å². The number of methoxy groups -OCH3 is 3. The van der Waals surface area contributed by atoms with Gasteiger partial charge in [0.2, 0.25) is 0 Å². The predicted octanol–water partition coefficient (Wildman–Crippen LogP) is 2.07. The molecule has 2 rings (SSSR count). The summed E-state index contributed by atoms with van der Waals surface area (Å²) in [6, 6.07) is 4.56. The lowest BCUT2D eigenvalue weighted by atomic mass is 10.2. The number of benzene rings is 1. The van der Waals surface area contributed by atoms with Crippen LogP contribution in [0.25, 0.3) is 0 Å². The predicted molar refractivity (Wildman–Crippen MR) is 97.8 cm³/mol. The first-order chi connectivity index (χ1) is 13.0. The van der Waals surface area contributed by atoms with Gasteiger partial charge in [-0.15, -0.1) is 0 Å². The smallest absolute Gasteiger partial charge is 0.414 e. The number of carbonyl (C=O) groups excluding carboxylic acids is 1. The van der Waals surface area contributed by atoms with Crippen molar-refractivity contribution in [2.24, 2.45) is 5.90 Å². The molecule has 3 N–H and O–H groups in total. The van der Waals surface area contributed by atoms with Gasteiger partial charge in [-0.25, -0.2) is 15.1 Å². The number of nitrogens with one attached hydrogen (secondary N) is 1. The number of hydrogen-bond donors (Lipinski definition) is 2. The monoisotopic (exact) mass is 389 g/mol. The third-order valence-corrected chi connectivity index (χ3v) is 3.71. The zero-order valence-electron chi connectivity index (χ0n) is 16.1.